The topological polar surface area (TPSA) is 47.6 Å². The Kier molecular flexibility index (Phi) is 4.95. The molecule has 110 valence electrons. The van der Waals surface area contributed by atoms with Gasteiger partial charge < -0.3 is 14.8 Å². The predicted molar refractivity (Wildman–Crippen MR) is 82.8 cm³/mol. The van der Waals surface area contributed by atoms with Gasteiger partial charge in [0.1, 0.15) is 5.75 Å². The maximum atomic E-state index is 12.3. The number of carbonyl (C=O) groups excluding carboxylic acids is 1. The lowest BCUT2D eigenvalue weighted by Gasteiger charge is -2.10. The number of aryl methyl sites for hydroxylation is 1. The summed E-state index contributed by atoms with van der Waals surface area (Å²) < 4.78 is 10.4. The van der Waals surface area contributed by atoms with Crippen LogP contribution in [0.2, 0.25) is 0 Å². The van der Waals surface area contributed by atoms with Crippen LogP contribution in [0.1, 0.15) is 21.5 Å². The van der Waals surface area contributed by atoms with Gasteiger partial charge in [-0.25, -0.2) is 0 Å². The van der Waals surface area contributed by atoms with Crippen molar-refractivity contribution in [1.29, 1.82) is 0 Å². The highest BCUT2D eigenvalue weighted by Gasteiger charge is 2.10. The van der Waals surface area contributed by atoms with Crippen LogP contribution in [0.15, 0.2) is 42.5 Å². The van der Waals surface area contributed by atoms with E-state index < -0.39 is 0 Å². The Hall–Kier alpha value is -2.33. The van der Waals surface area contributed by atoms with Gasteiger partial charge in [0, 0.05) is 23.9 Å². The first-order valence-corrected chi connectivity index (χ1v) is 6.68. The predicted octanol–water partition coefficient (Wildman–Crippen LogP) is 3.40. The zero-order valence-electron chi connectivity index (χ0n) is 12.5. The Morgan fingerprint density at radius 3 is 2.43 bits per heavy atom. The smallest absolute Gasteiger partial charge is 0.255 e. The van der Waals surface area contributed by atoms with Gasteiger partial charge in [0.05, 0.1) is 13.7 Å². The molecule has 0 unspecified atom stereocenters. The minimum absolute atomic E-state index is 0.154. The van der Waals surface area contributed by atoms with Gasteiger partial charge in [0.25, 0.3) is 5.91 Å². The standard InChI is InChI=1S/C17H19NO3/c1-12-4-7-15(8-5-12)18-17(19)13-6-9-16(21-3)14(10-13)11-20-2/h4-10H,11H2,1-3H3,(H,18,19). The van der Waals surface area contributed by atoms with Crippen LogP contribution in [-0.2, 0) is 11.3 Å². The quantitative estimate of drug-likeness (QED) is 0.916. The fraction of sp³-hybridized carbons (Fsp3) is 0.235. The summed E-state index contributed by atoms with van der Waals surface area (Å²) in [5, 5.41) is 2.87. The van der Waals surface area contributed by atoms with Crippen molar-refractivity contribution < 1.29 is 14.3 Å². The molecule has 2 aromatic rings. The van der Waals surface area contributed by atoms with Crippen LogP contribution < -0.4 is 10.1 Å². The van der Waals surface area contributed by atoms with Crippen LogP contribution in [0, 0.1) is 6.92 Å². The minimum atomic E-state index is -0.154. The molecule has 0 radical (unpaired) electrons. The van der Waals surface area contributed by atoms with Crippen LogP contribution in [0.4, 0.5) is 5.69 Å². The van der Waals surface area contributed by atoms with Crippen LogP contribution in [0.3, 0.4) is 0 Å². The second-order valence-corrected chi connectivity index (χ2v) is 4.78. The molecule has 0 aliphatic rings. The van der Waals surface area contributed by atoms with E-state index in [-0.39, 0.29) is 5.91 Å². The third-order valence-corrected chi connectivity index (χ3v) is 3.15. The van der Waals surface area contributed by atoms with Crippen LogP contribution >= 0.6 is 0 Å². The van der Waals surface area contributed by atoms with Crippen molar-refractivity contribution in [2.45, 2.75) is 13.5 Å². The molecule has 1 N–H and O–H groups in total. The lowest BCUT2D eigenvalue weighted by molar-refractivity contribution is 0.102. The molecule has 4 nitrogen and oxygen atoms in total. The summed E-state index contributed by atoms with van der Waals surface area (Å²) in [7, 11) is 3.21. The van der Waals surface area contributed by atoms with Crippen molar-refractivity contribution in [2.24, 2.45) is 0 Å². The summed E-state index contributed by atoms with van der Waals surface area (Å²) in [6, 6.07) is 13.0. The van der Waals surface area contributed by atoms with Gasteiger partial charge in [-0.15, -0.1) is 0 Å². The summed E-state index contributed by atoms with van der Waals surface area (Å²) in [5.74, 6) is 0.558. The molecule has 0 aromatic heterocycles. The molecule has 2 aromatic carbocycles. The van der Waals surface area contributed by atoms with Crippen LogP contribution in [0.5, 0.6) is 5.75 Å². The van der Waals surface area contributed by atoms with E-state index in [1.807, 2.05) is 31.2 Å². The normalized spacial score (nSPS) is 10.2. The molecule has 0 aliphatic heterocycles. The SMILES string of the molecule is COCc1cc(C(=O)Nc2ccc(C)cc2)ccc1OC. The fourth-order valence-corrected chi connectivity index (χ4v) is 2.03. The van der Waals surface area contributed by atoms with E-state index >= 15 is 0 Å². The van der Waals surface area contributed by atoms with Crippen molar-refractivity contribution >= 4 is 11.6 Å². The van der Waals surface area contributed by atoms with E-state index in [1.54, 1.807) is 32.4 Å². The van der Waals surface area contributed by atoms with Gasteiger partial charge in [0.15, 0.2) is 0 Å². The summed E-state index contributed by atoms with van der Waals surface area (Å²) in [5.41, 5.74) is 3.34. The van der Waals surface area contributed by atoms with E-state index in [9.17, 15) is 4.79 Å². The van der Waals surface area contributed by atoms with Crippen molar-refractivity contribution in [3.05, 3.63) is 59.2 Å². The number of hydrogen-bond acceptors (Lipinski definition) is 3. The maximum Gasteiger partial charge on any atom is 0.255 e. The zero-order valence-corrected chi connectivity index (χ0v) is 12.5. The first kappa shape index (κ1) is 15.1. The van der Waals surface area contributed by atoms with Gasteiger partial charge in [-0.05, 0) is 37.3 Å². The van der Waals surface area contributed by atoms with E-state index in [0.717, 1.165) is 16.8 Å². The maximum absolute atomic E-state index is 12.3. The fourth-order valence-electron chi connectivity index (χ4n) is 2.03. The Labute approximate surface area is 124 Å². The molecule has 0 saturated heterocycles. The lowest BCUT2D eigenvalue weighted by atomic mass is 10.1. The van der Waals surface area contributed by atoms with Crippen LogP contribution in [0.25, 0.3) is 0 Å². The van der Waals surface area contributed by atoms with Gasteiger partial charge >= 0.3 is 0 Å². The minimum Gasteiger partial charge on any atom is -0.496 e. The van der Waals surface area contributed by atoms with Gasteiger partial charge in [-0.1, -0.05) is 17.7 Å². The van der Waals surface area contributed by atoms with Crippen molar-refractivity contribution in [1.82, 2.24) is 0 Å². The van der Waals surface area contributed by atoms with Crippen molar-refractivity contribution in [3.63, 3.8) is 0 Å². The lowest BCUT2D eigenvalue weighted by Crippen LogP contribution is -2.12. The van der Waals surface area contributed by atoms with Gasteiger partial charge in [0.2, 0.25) is 0 Å². The molecular weight excluding hydrogens is 266 g/mol. The molecule has 0 atom stereocenters. The highest BCUT2D eigenvalue weighted by atomic mass is 16.5. The van der Waals surface area contributed by atoms with Crippen LogP contribution in [-0.4, -0.2) is 20.1 Å². The number of rotatable bonds is 5. The van der Waals surface area contributed by atoms with Crippen molar-refractivity contribution in [3.8, 4) is 5.75 Å². The molecule has 0 aliphatic carbocycles. The molecule has 4 heteroatoms. The largest absolute Gasteiger partial charge is 0.496 e. The molecule has 0 spiro atoms. The van der Waals surface area contributed by atoms with E-state index in [1.165, 1.54) is 0 Å². The third kappa shape index (κ3) is 3.83. The molecule has 0 saturated carbocycles. The van der Waals surface area contributed by atoms with Gasteiger partial charge in [-0.3, -0.25) is 4.79 Å². The number of benzene rings is 2. The highest BCUT2D eigenvalue weighted by molar-refractivity contribution is 6.04. The Balaban J connectivity index is 2.18. The van der Waals surface area contributed by atoms with Crippen molar-refractivity contribution in [2.75, 3.05) is 19.5 Å². The average Bonchev–Trinajstić information content (AvgIpc) is 2.50. The summed E-state index contributed by atoms with van der Waals surface area (Å²) in [6.45, 7) is 2.40. The molecule has 21 heavy (non-hydrogen) atoms. The third-order valence-electron chi connectivity index (χ3n) is 3.15. The van der Waals surface area contributed by atoms with Gasteiger partial charge in [-0.2, -0.15) is 0 Å². The second kappa shape index (κ2) is 6.90. The number of ether oxygens (including phenoxy) is 2. The highest BCUT2D eigenvalue weighted by Crippen LogP contribution is 2.21. The first-order chi connectivity index (χ1) is 10.1. The Morgan fingerprint density at radius 1 is 1.10 bits per heavy atom. The average molecular weight is 285 g/mol. The Bertz CT molecular complexity index is 620. The summed E-state index contributed by atoms with van der Waals surface area (Å²) in [6.07, 6.45) is 0. The molecule has 0 fully saturated rings. The number of methoxy groups -OCH3 is 2. The zero-order chi connectivity index (χ0) is 15.2. The molecular formula is C17H19NO3. The summed E-state index contributed by atoms with van der Waals surface area (Å²) >= 11 is 0. The number of nitrogens with one attached hydrogen (secondary N) is 1. The van der Waals surface area contributed by atoms with E-state index in [4.69, 9.17) is 9.47 Å². The molecule has 1 amide bonds. The monoisotopic (exact) mass is 285 g/mol. The first-order valence-electron chi connectivity index (χ1n) is 6.68. The number of hydrogen-bond donors (Lipinski definition) is 1. The number of anilines is 1. The van der Waals surface area contributed by atoms with E-state index in [0.29, 0.717) is 17.9 Å². The second-order valence-electron chi connectivity index (χ2n) is 4.78. The number of amides is 1. The molecule has 2 rings (SSSR count). The molecule has 0 bridgehead atoms. The number of carbonyl (C=O) groups is 1. The summed E-state index contributed by atoms with van der Waals surface area (Å²) in [4.78, 5) is 12.3. The Morgan fingerprint density at radius 2 is 1.81 bits per heavy atom. The van der Waals surface area contributed by atoms with E-state index in [2.05, 4.69) is 5.32 Å². The molecule has 0 heterocycles.